The summed E-state index contributed by atoms with van der Waals surface area (Å²) < 4.78 is 4.89. The highest BCUT2D eigenvalue weighted by molar-refractivity contribution is 5.77. The van der Waals surface area contributed by atoms with Crippen LogP contribution in [0.5, 0.6) is 0 Å². The maximum Gasteiger partial charge on any atom is 0.248 e. The fourth-order valence-corrected chi connectivity index (χ4v) is 2.69. The van der Waals surface area contributed by atoms with Gasteiger partial charge in [-0.2, -0.15) is 0 Å². The lowest BCUT2D eigenvalue weighted by atomic mass is 10.0. The summed E-state index contributed by atoms with van der Waals surface area (Å²) in [7, 11) is 1.57. The molecule has 1 N–H and O–H groups in total. The van der Waals surface area contributed by atoms with Crippen molar-refractivity contribution >= 4 is 5.91 Å². The minimum atomic E-state index is 0.117. The van der Waals surface area contributed by atoms with E-state index in [0.717, 1.165) is 31.8 Å². The van der Waals surface area contributed by atoms with Crippen LogP contribution in [-0.2, 0) is 9.53 Å². The van der Waals surface area contributed by atoms with Crippen LogP contribution in [0.2, 0.25) is 0 Å². The van der Waals surface area contributed by atoms with Gasteiger partial charge in [-0.05, 0) is 32.1 Å². The van der Waals surface area contributed by atoms with Gasteiger partial charge in [0.1, 0.15) is 6.61 Å². The van der Waals surface area contributed by atoms with Crippen molar-refractivity contribution in [2.24, 2.45) is 5.92 Å². The fourth-order valence-electron chi connectivity index (χ4n) is 2.69. The van der Waals surface area contributed by atoms with Crippen molar-refractivity contribution in [3.63, 3.8) is 0 Å². The number of nitrogens with one attached hydrogen (secondary N) is 1. The van der Waals surface area contributed by atoms with Gasteiger partial charge in [-0.25, -0.2) is 0 Å². The first-order valence-corrected chi connectivity index (χ1v) is 7.05. The molecular weight excluding hydrogens is 228 g/mol. The van der Waals surface area contributed by atoms with Crippen molar-refractivity contribution in [1.29, 1.82) is 0 Å². The molecule has 4 nitrogen and oxygen atoms in total. The third kappa shape index (κ3) is 5.36. The van der Waals surface area contributed by atoms with Gasteiger partial charge >= 0.3 is 0 Å². The molecule has 0 spiro atoms. The second-order valence-electron chi connectivity index (χ2n) is 5.79. The highest BCUT2D eigenvalue weighted by Gasteiger charge is 2.23. The number of carbonyl (C=O) groups excluding carboxylic acids is 1. The van der Waals surface area contributed by atoms with E-state index in [4.69, 9.17) is 4.74 Å². The number of carbonyl (C=O) groups is 1. The number of piperidine rings is 1. The van der Waals surface area contributed by atoms with Crippen molar-refractivity contribution in [1.82, 2.24) is 10.2 Å². The minimum Gasteiger partial charge on any atom is -0.375 e. The Balaban J connectivity index is 2.24. The first-order valence-electron chi connectivity index (χ1n) is 7.05. The van der Waals surface area contributed by atoms with Crippen LogP contribution in [0.15, 0.2) is 0 Å². The molecule has 1 unspecified atom stereocenters. The third-order valence-electron chi connectivity index (χ3n) is 3.46. The molecule has 0 aliphatic carbocycles. The standard InChI is InChI=1S/C14H28N2O2/c1-11(2)9-12(3)15-13-5-7-16(8-6-13)14(17)10-18-4/h11-13,15H,5-10H2,1-4H3. The first kappa shape index (κ1) is 15.4. The largest absolute Gasteiger partial charge is 0.375 e. The Hall–Kier alpha value is -0.610. The summed E-state index contributed by atoms with van der Waals surface area (Å²) >= 11 is 0. The van der Waals surface area contributed by atoms with Gasteiger partial charge in [-0.15, -0.1) is 0 Å². The zero-order valence-electron chi connectivity index (χ0n) is 12.2. The molecule has 0 aromatic carbocycles. The van der Waals surface area contributed by atoms with E-state index in [0.29, 0.717) is 12.1 Å². The molecule has 1 aliphatic heterocycles. The molecule has 0 radical (unpaired) electrons. The molecule has 1 heterocycles. The van der Waals surface area contributed by atoms with E-state index < -0.39 is 0 Å². The van der Waals surface area contributed by atoms with Gasteiger partial charge in [-0.3, -0.25) is 4.79 Å². The quantitative estimate of drug-likeness (QED) is 0.785. The summed E-state index contributed by atoms with van der Waals surface area (Å²) in [6.07, 6.45) is 3.32. The molecule has 106 valence electrons. The second kappa shape index (κ2) is 7.74. The molecule has 1 fully saturated rings. The summed E-state index contributed by atoms with van der Waals surface area (Å²) in [5.41, 5.74) is 0. The van der Waals surface area contributed by atoms with Crippen LogP contribution < -0.4 is 5.32 Å². The fraction of sp³-hybridized carbons (Fsp3) is 0.929. The number of hydrogen-bond donors (Lipinski definition) is 1. The van der Waals surface area contributed by atoms with Crippen LogP contribution in [0.4, 0.5) is 0 Å². The number of hydrogen-bond acceptors (Lipinski definition) is 3. The molecule has 18 heavy (non-hydrogen) atoms. The summed E-state index contributed by atoms with van der Waals surface area (Å²) in [6, 6.07) is 1.13. The monoisotopic (exact) mass is 256 g/mol. The van der Waals surface area contributed by atoms with Gasteiger partial charge in [-0.1, -0.05) is 13.8 Å². The normalized spacial score (nSPS) is 19.3. The van der Waals surface area contributed by atoms with Crippen molar-refractivity contribution in [3.05, 3.63) is 0 Å². The molecule has 1 amide bonds. The number of nitrogens with zero attached hydrogens (tertiary/aromatic N) is 1. The number of rotatable bonds is 6. The Bertz CT molecular complexity index is 248. The summed E-state index contributed by atoms with van der Waals surface area (Å²) in [5, 5.41) is 3.67. The summed E-state index contributed by atoms with van der Waals surface area (Å²) in [4.78, 5) is 13.6. The van der Waals surface area contributed by atoms with Gasteiger partial charge in [0.05, 0.1) is 0 Å². The Morgan fingerprint density at radius 2 is 1.94 bits per heavy atom. The second-order valence-corrected chi connectivity index (χ2v) is 5.79. The van der Waals surface area contributed by atoms with E-state index in [1.165, 1.54) is 6.42 Å². The molecule has 1 saturated heterocycles. The number of likely N-dealkylation sites (tertiary alicyclic amines) is 1. The predicted octanol–water partition coefficient (Wildman–Crippen LogP) is 1.65. The van der Waals surface area contributed by atoms with E-state index in [1.807, 2.05) is 4.90 Å². The van der Waals surface area contributed by atoms with Crippen LogP contribution in [0.3, 0.4) is 0 Å². The lowest BCUT2D eigenvalue weighted by Crippen LogP contribution is -2.48. The molecule has 1 atom stereocenters. The molecule has 1 aliphatic rings. The molecule has 0 saturated carbocycles. The van der Waals surface area contributed by atoms with E-state index in [-0.39, 0.29) is 12.5 Å². The zero-order chi connectivity index (χ0) is 13.5. The van der Waals surface area contributed by atoms with Crippen molar-refractivity contribution in [2.75, 3.05) is 26.8 Å². The lowest BCUT2D eigenvalue weighted by Gasteiger charge is -2.34. The van der Waals surface area contributed by atoms with Crippen LogP contribution in [0.25, 0.3) is 0 Å². The van der Waals surface area contributed by atoms with Crippen LogP contribution in [-0.4, -0.2) is 49.7 Å². The first-order chi connectivity index (χ1) is 8.52. The maximum atomic E-state index is 11.7. The zero-order valence-corrected chi connectivity index (χ0v) is 12.2. The smallest absolute Gasteiger partial charge is 0.248 e. The van der Waals surface area contributed by atoms with E-state index in [2.05, 4.69) is 26.1 Å². The Labute approximate surface area is 111 Å². The predicted molar refractivity (Wildman–Crippen MR) is 73.5 cm³/mol. The Morgan fingerprint density at radius 1 is 1.33 bits per heavy atom. The number of ether oxygens (including phenoxy) is 1. The molecule has 0 aromatic heterocycles. The van der Waals surface area contributed by atoms with Crippen LogP contribution in [0.1, 0.15) is 40.0 Å². The van der Waals surface area contributed by atoms with Gasteiger partial charge in [0.2, 0.25) is 5.91 Å². The van der Waals surface area contributed by atoms with Gasteiger partial charge < -0.3 is 15.0 Å². The highest BCUT2D eigenvalue weighted by atomic mass is 16.5. The van der Waals surface area contributed by atoms with Gasteiger partial charge in [0.25, 0.3) is 0 Å². The summed E-state index contributed by atoms with van der Waals surface area (Å²) in [5.74, 6) is 0.849. The average molecular weight is 256 g/mol. The van der Waals surface area contributed by atoms with Crippen LogP contribution >= 0.6 is 0 Å². The van der Waals surface area contributed by atoms with Gasteiger partial charge in [0.15, 0.2) is 0 Å². The van der Waals surface area contributed by atoms with Crippen molar-refractivity contribution in [2.45, 2.75) is 52.1 Å². The van der Waals surface area contributed by atoms with Gasteiger partial charge in [0, 0.05) is 32.3 Å². The van der Waals surface area contributed by atoms with E-state index in [1.54, 1.807) is 7.11 Å². The third-order valence-corrected chi connectivity index (χ3v) is 3.46. The Kier molecular flexibility index (Phi) is 6.65. The number of amides is 1. The number of methoxy groups -OCH3 is 1. The average Bonchev–Trinajstić information content (AvgIpc) is 2.29. The topological polar surface area (TPSA) is 41.6 Å². The lowest BCUT2D eigenvalue weighted by molar-refractivity contribution is -0.136. The van der Waals surface area contributed by atoms with Crippen molar-refractivity contribution < 1.29 is 9.53 Å². The SMILES string of the molecule is COCC(=O)N1CCC(NC(C)CC(C)C)CC1. The highest BCUT2D eigenvalue weighted by Crippen LogP contribution is 2.13. The Morgan fingerprint density at radius 3 is 2.44 bits per heavy atom. The molecule has 0 aromatic rings. The molecule has 0 bridgehead atoms. The molecule has 1 rings (SSSR count). The molecular formula is C14H28N2O2. The van der Waals surface area contributed by atoms with E-state index >= 15 is 0 Å². The van der Waals surface area contributed by atoms with E-state index in [9.17, 15) is 4.79 Å². The maximum absolute atomic E-state index is 11.7. The summed E-state index contributed by atoms with van der Waals surface area (Å²) in [6.45, 7) is 8.68. The molecule has 4 heteroatoms. The van der Waals surface area contributed by atoms with Crippen LogP contribution in [0, 0.1) is 5.92 Å². The van der Waals surface area contributed by atoms with Crippen molar-refractivity contribution in [3.8, 4) is 0 Å². The minimum absolute atomic E-state index is 0.117.